The van der Waals surface area contributed by atoms with Crippen molar-refractivity contribution in [1.82, 2.24) is 5.32 Å². The molecule has 1 saturated carbocycles. The SMILES string of the molecule is O=C(NC1CC1)C1CCCN(c2ccc(S(=O)(=O)C(F)F)cc2)C1. The second-order valence-electron chi connectivity index (χ2n) is 6.37. The Morgan fingerprint density at radius 1 is 1.17 bits per heavy atom. The summed E-state index contributed by atoms with van der Waals surface area (Å²) in [4.78, 5) is 13.8. The molecule has 5 nitrogen and oxygen atoms in total. The molecule has 1 saturated heterocycles. The van der Waals surface area contributed by atoms with E-state index in [1.165, 1.54) is 24.3 Å². The number of rotatable bonds is 5. The lowest BCUT2D eigenvalue weighted by atomic mass is 9.96. The van der Waals surface area contributed by atoms with Crippen molar-refractivity contribution >= 4 is 21.4 Å². The lowest BCUT2D eigenvalue weighted by Gasteiger charge is -2.33. The highest BCUT2D eigenvalue weighted by Crippen LogP contribution is 2.27. The van der Waals surface area contributed by atoms with Crippen LogP contribution in [0.4, 0.5) is 14.5 Å². The van der Waals surface area contributed by atoms with Crippen molar-refractivity contribution < 1.29 is 22.0 Å². The fourth-order valence-corrected chi connectivity index (χ4v) is 3.64. The highest BCUT2D eigenvalue weighted by molar-refractivity contribution is 7.91. The van der Waals surface area contributed by atoms with Gasteiger partial charge in [-0.2, -0.15) is 8.78 Å². The largest absolute Gasteiger partial charge is 0.371 e. The molecule has 2 fully saturated rings. The van der Waals surface area contributed by atoms with E-state index in [-0.39, 0.29) is 16.7 Å². The zero-order valence-electron chi connectivity index (χ0n) is 13.1. The summed E-state index contributed by atoms with van der Waals surface area (Å²) in [6.45, 7) is 1.31. The van der Waals surface area contributed by atoms with E-state index in [0.29, 0.717) is 12.6 Å². The average molecular weight is 358 g/mol. The van der Waals surface area contributed by atoms with Crippen LogP contribution in [0, 0.1) is 5.92 Å². The molecule has 1 aromatic carbocycles. The smallest absolute Gasteiger partial charge is 0.341 e. The van der Waals surface area contributed by atoms with Gasteiger partial charge in [-0.1, -0.05) is 0 Å². The Morgan fingerprint density at radius 2 is 1.83 bits per heavy atom. The number of alkyl halides is 2. The summed E-state index contributed by atoms with van der Waals surface area (Å²) >= 11 is 0. The Labute approximate surface area is 139 Å². The monoisotopic (exact) mass is 358 g/mol. The minimum absolute atomic E-state index is 0.0686. The van der Waals surface area contributed by atoms with E-state index in [2.05, 4.69) is 5.32 Å². The summed E-state index contributed by atoms with van der Waals surface area (Å²) in [6, 6.07) is 5.77. The molecule has 3 rings (SSSR count). The molecule has 0 spiro atoms. The maximum absolute atomic E-state index is 12.6. The van der Waals surface area contributed by atoms with Crippen LogP contribution in [0.5, 0.6) is 0 Å². The number of amides is 1. The molecule has 0 radical (unpaired) electrons. The van der Waals surface area contributed by atoms with Crippen molar-refractivity contribution in [1.29, 1.82) is 0 Å². The molecule has 2 aliphatic rings. The van der Waals surface area contributed by atoms with Gasteiger partial charge in [0.2, 0.25) is 15.7 Å². The first-order valence-electron chi connectivity index (χ1n) is 8.05. The molecule has 8 heteroatoms. The number of sulfone groups is 1. The van der Waals surface area contributed by atoms with Gasteiger partial charge in [0.05, 0.1) is 10.8 Å². The molecular formula is C16H20F2N2O3S. The second-order valence-corrected chi connectivity index (χ2v) is 8.29. The van der Waals surface area contributed by atoms with Gasteiger partial charge in [0.1, 0.15) is 0 Å². The Bertz CT molecular complexity index is 703. The van der Waals surface area contributed by atoms with Crippen molar-refractivity contribution in [2.75, 3.05) is 18.0 Å². The Morgan fingerprint density at radius 3 is 2.42 bits per heavy atom. The van der Waals surface area contributed by atoms with Crippen molar-refractivity contribution in [2.24, 2.45) is 5.92 Å². The van der Waals surface area contributed by atoms with E-state index in [1.54, 1.807) is 0 Å². The van der Waals surface area contributed by atoms with Gasteiger partial charge in [0.25, 0.3) is 0 Å². The quantitative estimate of drug-likeness (QED) is 0.876. The number of carbonyl (C=O) groups excluding carboxylic acids is 1. The van der Waals surface area contributed by atoms with Gasteiger partial charge in [-0.3, -0.25) is 4.79 Å². The maximum atomic E-state index is 12.6. The average Bonchev–Trinajstić information content (AvgIpc) is 3.39. The second kappa shape index (κ2) is 6.66. The van der Waals surface area contributed by atoms with Gasteiger partial charge in [0.15, 0.2) is 0 Å². The van der Waals surface area contributed by atoms with Crippen molar-refractivity contribution in [3.05, 3.63) is 24.3 Å². The third kappa shape index (κ3) is 3.68. The minimum Gasteiger partial charge on any atom is -0.371 e. The number of nitrogens with zero attached hydrogens (tertiary/aromatic N) is 1. The first-order chi connectivity index (χ1) is 11.4. The highest BCUT2D eigenvalue weighted by Gasteiger charge is 2.31. The number of piperidine rings is 1. The summed E-state index contributed by atoms with van der Waals surface area (Å²) in [5.41, 5.74) is 0.743. The number of hydrogen-bond donors (Lipinski definition) is 1. The van der Waals surface area contributed by atoms with E-state index in [0.717, 1.165) is 37.9 Å². The summed E-state index contributed by atoms with van der Waals surface area (Å²) < 4.78 is 48.0. The Hall–Kier alpha value is -1.70. The van der Waals surface area contributed by atoms with E-state index in [9.17, 15) is 22.0 Å². The molecule has 1 amide bonds. The summed E-state index contributed by atoms with van der Waals surface area (Å²) in [7, 11) is -4.57. The fraction of sp³-hybridized carbons (Fsp3) is 0.562. The van der Waals surface area contributed by atoms with E-state index >= 15 is 0 Å². The molecule has 0 aromatic heterocycles. The van der Waals surface area contributed by atoms with Crippen molar-refractivity contribution in [3.8, 4) is 0 Å². The van der Waals surface area contributed by atoms with Crippen LogP contribution in [-0.4, -0.2) is 39.2 Å². The lowest BCUT2D eigenvalue weighted by molar-refractivity contribution is -0.125. The predicted octanol–water partition coefficient (Wildman–Crippen LogP) is 2.18. The summed E-state index contributed by atoms with van der Waals surface area (Å²) in [5, 5.41) is 3.01. The van der Waals surface area contributed by atoms with Gasteiger partial charge >= 0.3 is 5.76 Å². The molecule has 132 valence electrons. The van der Waals surface area contributed by atoms with E-state index in [1.807, 2.05) is 4.90 Å². The van der Waals surface area contributed by atoms with Crippen LogP contribution >= 0.6 is 0 Å². The van der Waals surface area contributed by atoms with Crippen LogP contribution in [0.15, 0.2) is 29.2 Å². The molecule has 1 atom stereocenters. The maximum Gasteiger partial charge on any atom is 0.341 e. The third-order valence-electron chi connectivity index (χ3n) is 4.48. The van der Waals surface area contributed by atoms with Crippen molar-refractivity contribution in [2.45, 2.75) is 42.4 Å². The van der Waals surface area contributed by atoms with Crippen LogP contribution in [0.3, 0.4) is 0 Å². The van der Waals surface area contributed by atoms with Crippen LogP contribution in [-0.2, 0) is 14.6 Å². The molecule has 0 bridgehead atoms. The van der Waals surface area contributed by atoms with Gasteiger partial charge in [-0.15, -0.1) is 0 Å². The molecule has 1 aromatic rings. The van der Waals surface area contributed by atoms with Crippen LogP contribution in [0.1, 0.15) is 25.7 Å². The molecule has 24 heavy (non-hydrogen) atoms. The van der Waals surface area contributed by atoms with E-state index in [4.69, 9.17) is 0 Å². The molecule has 1 aliphatic heterocycles. The van der Waals surface area contributed by atoms with Gasteiger partial charge in [-0.25, -0.2) is 8.42 Å². The number of benzene rings is 1. The highest BCUT2D eigenvalue weighted by atomic mass is 32.2. The standard InChI is InChI=1S/C16H20F2N2O3S/c17-16(18)24(22,23)14-7-5-13(6-8-14)20-9-1-2-11(10-20)15(21)19-12-3-4-12/h5-8,11-12,16H,1-4,9-10H2,(H,19,21). The lowest BCUT2D eigenvalue weighted by Crippen LogP contribution is -2.43. The van der Waals surface area contributed by atoms with Gasteiger partial charge in [0, 0.05) is 24.8 Å². The summed E-state index contributed by atoms with van der Waals surface area (Å²) in [6.07, 6.45) is 3.78. The number of nitrogens with one attached hydrogen (secondary N) is 1. The van der Waals surface area contributed by atoms with Gasteiger partial charge < -0.3 is 10.2 Å². The Kier molecular flexibility index (Phi) is 4.76. The topological polar surface area (TPSA) is 66.5 Å². The number of hydrogen-bond acceptors (Lipinski definition) is 4. The molecule has 1 unspecified atom stereocenters. The normalized spacial score (nSPS) is 21.8. The summed E-state index contributed by atoms with van der Waals surface area (Å²) in [5.74, 6) is -3.45. The van der Waals surface area contributed by atoms with Crippen molar-refractivity contribution in [3.63, 3.8) is 0 Å². The fourth-order valence-electron chi connectivity index (χ4n) is 2.92. The minimum atomic E-state index is -4.57. The van der Waals surface area contributed by atoms with E-state index < -0.39 is 15.6 Å². The zero-order chi connectivity index (χ0) is 17.3. The first kappa shape index (κ1) is 17.1. The third-order valence-corrected chi connectivity index (χ3v) is 5.88. The first-order valence-corrected chi connectivity index (χ1v) is 9.60. The number of carbonyl (C=O) groups is 1. The number of anilines is 1. The zero-order valence-corrected chi connectivity index (χ0v) is 13.9. The Balaban J connectivity index is 1.68. The molecule has 1 heterocycles. The van der Waals surface area contributed by atoms with Gasteiger partial charge in [-0.05, 0) is 49.9 Å². The van der Waals surface area contributed by atoms with Crippen LogP contribution in [0.25, 0.3) is 0 Å². The van der Waals surface area contributed by atoms with Crippen LogP contribution < -0.4 is 10.2 Å². The predicted molar refractivity (Wildman–Crippen MR) is 85.7 cm³/mol. The molecule has 1 N–H and O–H groups in total. The molecular weight excluding hydrogens is 338 g/mol. The number of halogens is 2. The molecule has 1 aliphatic carbocycles. The van der Waals surface area contributed by atoms with Crippen LogP contribution in [0.2, 0.25) is 0 Å².